The van der Waals surface area contributed by atoms with Crippen LogP contribution in [0.15, 0.2) is 18.2 Å². The Bertz CT molecular complexity index is 539. The molecule has 0 N–H and O–H groups in total. The highest BCUT2D eigenvalue weighted by Crippen LogP contribution is 2.38. The Kier molecular flexibility index (Phi) is 10.4. The highest BCUT2D eigenvalue weighted by atomic mass is 16.6. The monoisotopic (exact) mass is 350 g/mol. The molecule has 1 rings (SSSR count). The quantitative estimate of drug-likeness (QED) is 0.300. The van der Waals surface area contributed by atoms with Gasteiger partial charge in [-0.25, -0.2) is 0 Å². The third-order valence-electron chi connectivity index (χ3n) is 3.65. The van der Waals surface area contributed by atoms with Crippen LogP contribution >= 0.6 is 0 Å². The van der Waals surface area contributed by atoms with E-state index in [4.69, 9.17) is 14.2 Å². The maximum Gasteiger partial charge on any atom is 0.311 e. The number of hydrogen-bond donors (Lipinski definition) is 0. The van der Waals surface area contributed by atoms with Crippen LogP contribution in [0.3, 0.4) is 0 Å². The van der Waals surface area contributed by atoms with E-state index in [2.05, 4.69) is 13.8 Å². The number of hydrogen-bond acceptors (Lipinski definition) is 5. The number of benzene rings is 1. The van der Waals surface area contributed by atoms with Crippen molar-refractivity contribution in [2.24, 2.45) is 0 Å². The van der Waals surface area contributed by atoms with Crippen LogP contribution in [0.2, 0.25) is 0 Å². The molecule has 140 valence electrons. The van der Waals surface area contributed by atoms with Crippen molar-refractivity contribution >= 4 is 11.9 Å². The van der Waals surface area contributed by atoms with E-state index < -0.39 is 0 Å². The predicted molar refractivity (Wildman–Crippen MR) is 97.2 cm³/mol. The van der Waals surface area contributed by atoms with Crippen LogP contribution in [-0.4, -0.2) is 18.5 Å². The number of esters is 2. The first-order valence-corrected chi connectivity index (χ1v) is 9.29. The highest BCUT2D eigenvalue weighted by molar-refractivity contribution is 5.77. The van der Waals surface area contributed by atoms with Crippen LogP contribution in [0.25, 0.3) is 0 Å². The largest absolute Gasteiger partial charge is 0.490 e. The topological polar surface area (TPSA) is 61.8 Å². The predicted octanol–water partition coefficient (Wildman–Crippen LogP) is 5.06. The van der Waals surface area contributed by atoms with Crippen molar-refractivity contribution < 1.29 is 23.8 Å². The molecule has 5 heteroatoms. The lowest BCUT2D eigenvalue weighted by molar-refractivity contribution is -0.137. The molecule has 0 unspecified atom stereocenters. The summed E-state index contributed by atoms with van der Waals surface area (Å²) in [4.78, 5) is 24.1. The van der Waals surface area contributed by atoms with E-state index in [9.17, 15) is 9.59 Å². The lowest BCUT2D eigenvalue weighted by atomic mass is 10.2. The fraction of sp³-hybridized carbons (Fsp3) is 0.600. The maximum absolute atomic E-state index is 12.1. The Labute approximate surface area is 150 Å². The summed E-state index contributed by atoms with van der Waals surface area (Å²) in [6, 6.07) is 5.04. The number of carbonyl (C=O) groups is 2. The molecule has 0 radical (unpaired) electrons. The molecule has 1 aromatic carbocycles. The van der Waals surface area contributed by atoms with Gasteiger partial charge in [0.1, 0.15) is 0 Å². The van der Waals surface area contributed by atoms with E-state index in [1.165, 1.54) is 0 Å². The zero-order chi connectivity index (χ0) is 18.5. The van der Waals surface area contributed by atoms with E-state index in [1.54, 1.807) is 18.2 Å². The standard InChI is InChI=1S/C20H30O5/c1-4-7-9-14-18(21)24-17-13-11-12-16(23-6-3)20(17)25-19(22)15-10-8-5-2/h11-13H,4-10,14-15H2,1-3H3. The first kappa shape index (κ1) is 21.0. The minimum absolute atomic E-state index is 0.190. The zero-order valence-electron chi connectivity index (χ0n) is 15.6. The van der Waals surface area contributed by atoms with Crippen LogP contribution < -0.4 is 14.2 Å². The minimum Gasteiger partial charge on any atom is -0.490 e. The van der Waals surface area contributed by atoms with Crippen LogP contribution in [0.5, 0.6) is 17.2 Å². The lowest BCUT2D eigenvalue weighted by Crippen LogP contribution is -2.13. The fourth-order valence-corrected chi connectivity index (χ4v) is 2.32. The summed E-state index contributed by atoms with van der Waals surface area (Å²) in [6.45, 7) is 6.42. The molecule has 0 fully saturated rings. The van der Waals surface area contributed by atoms with E-state index in [1.807, 2.05) is 6.92 Å². The normalized spacial score (nSPS) is 10.4. The van der Waals surface area contributed by atoms with Crippen LogP contribution in [0, 0.1) is 0 Å². The second kappa shape index (κ2) is 12.3. The molecule has 25 heavy (non-hydrogen) atoms. The summed E-state index contributed by atoms with van der Waals surface area (Å²) in [5.41, 5.74) is 0. The molecule has 0 aliphatic rings. The first-order valence-electron chi connectivity index (χ1n) is 9.29. The summed E-state index contributed by atoms with van der Waals surface area (Å²) in [5.74, 6) is 0.158. The Balaban J connectivity index is 2.83. The van der Waals surface area contributed by atoms with Gasteiger partial charge in [-0.3, -0.25) is 9.59 Å². The third-order valence-corrected chi connectivity index (χ3v) is 3.65. The van der Waals surface area contributed by atoms with Crippen LogP contribution in [-0.2, 0) is 9.59 Å². The maximum atomic E-state index is 12.1. The Morgan fingerprint density at radius 2 is 1.36 bits per heavy atom. The van der Waals surface area contributed by atoms with Gasteiger partial charge in [0.15, 0.2) is 11.5 Å². The molecule has 0 bridgehead atoms. The molecule has 0 atom stereocenters. The van der Waals surface area contributed by atoms with E-state index in [0.717, 1.165) is 38.5 Å². The summed E-state index contributed by atoms with van der Waals surface area (Å²) in [6.07, 6.45) is 6.26. The van der Waals surface area contributed by atoms with Crippen LogP contribution in [0.1, 0.15) is 72.1 Å². The summed E-state index contributed by atoms with van der Waals surface area (Å²) < 4.78 is 16.4. The number of carbonyl (C=O) groups excluding carboxylic acids is 2. The Hall–Kier alpha value is -2.04. The van der Waals surface area contributed by atoms with Gasteiger partial charge in [0.05, 0.1) is 6.61 Å². The molecule has 0 spiro atoms. The molecule has 0 saturated heterocycles. The molecule has 5 nitrogen and oxygen atoms in total. The van der Waals surface area contributed by atoms with Gasteiger partial charge in [-0.15, -0.1) is 0 Å². The van der Waals surface area contributed by atoms with E-state index in [0.29, 0.717) is 25.2 Å². The zero-order valence-corrected chi connectivity index (χ0v) is 15.6. The van der Waals surface area contributed by atoms with Crippen molar-refractivity contribution in [3.05, 3.63) is 18.2 Å². The van der Waals surface area contributed by atoms with Crippen molar-refractivity contribution in [3.63, 3.8) is 0 Å². The number of ether oxygens (including phenoxy) is 3. The molecule has 0 aliphatic heterocycles. The minimum atomic E-state index is -0.344. The average Bonchev–Trinajstić information content (AvgIpc) is 2.58. The molecule has 0 amide bonds. The SMILES string of the molecule is CCCCCC(=O)Oc1cccc(OCC)c1OC(=O)CCCCC. The summed E-state index contributed by atoms with van der Waals surface area (Å²) in [7, 11) is 0. The van der Waals surface area contributed by atoms with Crippen molar-refractivity contribution in [2.75, 3.05) is 6.61 Å². The van der Waals surface area contributed by atoms with E-state index in [-0.39, 0.29) is 23.4 Å². The van der Waals surface area contributed by atoms with Crippen molar-refractivity contribution in [2.45, 2.75) is 72.1 Å². The number of rotatable bonds is 12. The smallest absolute Gasteiger partial charge is 0.311 e. The average molecular weight is 350 g/mol. The van der Waals surface area contributed by atoms with Gasteiger partial charge < -0.3 is 14.2 Å². The molecule has 0 aliphatic carbocycles. The van der Waals surface area contributed by atoms with Crippen LogP contribution in [0.4, 0.5) is 0 Å². The molecule has 1 aromatic rings. The molecule has 0 heterocycles. The number of para-hydroxylation sites is 1. The van der Waals surface area contributed by atoms with Gasteiger partial charge in [0.25, 0.3) is 0 Å². The summed E-state index contributed by atoms with van der Waals surface area (Å²) >= 11 is 0. The third kappa shape index (κ3) is 8.05. The first-order chi connectivity index (χ1) is 12.1. The van der Waals surface area contributed by atoms with Gasteiger partial charge in [-0.05, 0) is 31.9 Å². The van der Waals surface area contributed by atoms with Gasteiger partial charge in [0, 0.05) is 12.8 Å². The van der Waals surface area contributed by atoms with Gasteiger partial charge >= 0.3 is 11.9 Å². The molecular formula is C20H30O5. The van der Waals surface area contributed by atoms with Gasteiger partial charge in [-0.2, -0.15) is 0 Å². The second-order valence-electron chi connectivity index (χ2n) is 5.88. The van der Waals surface area contributed by atoms with Gasteiger partial charge in [0.2, 0.25) is 5.75 Å². The van der Waals surface area contributed by atoms with E-state index >= 15 is 0 Å². The Morgan fingerprint density at radius 1 is 0.800 bits per heavy atom. The Morgan fingerprint density at radius 3 is 1.92 bits per heavy atom. The van der Waals surface area contributed by atoms with Crippen molar-refractivity contribution in [1.29, 1.82) is 0 Å². The molecular weight excluding hydrogens is 320 g/mol. The second-order valence-corrected chi connectivity index (χ2v) is 5.88. The summed E-state index contributed by atoms with van der Waals surface area (Å²) in [5, 5.41) is 0. The fourth-order valence-electron chi connectivity index (χ4n) is 2.32. The lowest BCUT2D eigenvalue weighted by Gasteiger charge is -2.14. The van der Waals surface area contributed by atoms with Crippen molar-refractivity contribution in [1.82, 2.24) is 0 Å². The number of unbranched alkanes of at least 4 members (excludes halogenated alkanes) is 4. The molecule has 0 saturated carbocycles. The highest BCUT2D eigenvalue weighted by Gasteiger charge is 2.18. The molecule has 0 aromatic heterocycles. The van der Waals surface area contributed by atoms with Crippen molar-refractivity contribution in [3.8, 4) is 17.2 Å². The van der Waals surface area contributed by atoms with Gasteiger partial charge in [-0.1, -0.05) is 45.6 Å².